The van der Waals surface area contributed by atoms with E-state index in [1.165, 1.54) is 0 Å². The summed E-state index contributed by atoms with van der Waals surface area (Å²) in [7, 11) is 0. The Labute approximate surface area is 120 Å². The molecular formula is C16H23N3O. The van der Waals surface area contributed by atoms with Gasteiger partial charge in [0, 0.05) is 12.1 Å². The lowest BCUT2D eigenvalue weighted by Gasteiger charge is -2.15. The van der Waals surface area contributed by atoms with Gasteiger partial charge in [0.15, 0.2) is 0 Å². The Hall–Kier alpha value is -1.81. The van der Waals surface area contributed by atoms with Crippen LogP contribution in [0.2, 0.25) is 0 Å². The van der Waals surface area contributed by atoms with Gasteiger partial charge in [0.25, 0.3) is 0 Å². The van der Waals surface area contributed by atoms with E-state index < -0.39 is 0 Å². The van der Waals surface area contributed by atoms with E-state index in [1.54, 1.807) is 0 Å². The van der Waals surface area contributed by atoms with Gasteiger partial charge in [-0.25, -0.2) is 4.98 Å². The van der Waals surface area contributed by atoms with E-state index in [9.17, 15) is 0 Å². The molecular weight excluding hydrogens is 250 g/mol. The fraction of sp³-hybridized carbons (Fsp3) is 0.438. The van der Waals surface area contributed by atoms with Crippen LogP contribution in [0.3, 0.4) is 0 Å². The molecule has 0 saturated heterocycles. The van der Waals surface area contributed by atoms with E-state index in [0.29, 0.717) is 12.6 Å². The molecule has 0 saturated carbocycles. The molecule has 0 fully saturated rings. The highest BCUT2D eigenvalue weighted by molar-refractivity contribution is 5.37. The third-order valence-corrected chi connectivity index (χ3v) is 3.40. The lowest BCUT2D eigenvalue weighted by molar-refractivity contribution is 0.290. The number of ether oxygens (including phenoxy) is 1. The molecule has 0 radical (unpaired) electrons. The molecule has 1 heterocycles. The molecule has 0 spiro atoms. The van der Waals surface area contributed by atoms with Crippen molar-refractivity contribution in [2.75, 3.05) is 0 Å². The van der Waals surface area contributed by atoms with Crippen molar-refractivity contribution in [2.24, 2.45) is 5.73 Å². The maximum absolute atomic E-state index is 5.91. The molecule has 0 aliphatic heterocycles. The van der Waals surface area contributed by atoms with Gasteiger partial charge >= 0.3 is 0 Å². The van der Waals surface area contributed by atoms with E-state index in [2.05, 4.69) is 29.5 Å². The fourth-order valence-electron chi connectivity index (χ4n) is 2.18. The summed E-state index contributed by atoms with van der Waals surface area (Å²) in [5.74, 6) is 0.894. The predicted molar refractivity (Wildman–Crippen MR) is 80.7 cm³/mol. The van der Waals surface area contributed by atoms with Crippen molar-refractivity contribution in [1.82, 2.24) is 9.55 Å². The maximum Gasteiger partial charge on any atom is 0.130 e. The number of hydrogen-bond acceptors (Lipinski definition) is 3. The topological polar surface area (TPSA) is 53.1 Å². The summed E-state index contributed by atoms with van der Waals surface area (Å²) in [6.45, 7) is 8.82. The zero-order chi connectivity index (χ0) is 14.7. The Kier molecular flexibility index (Phi) is 4.45. The van der Waals surface area contributed by atoms with Gasteiger partial charge in [-0.2, -0.15) is 0 Å². The number of nitrogens with two attached hydrogens (primary N) is 1. The largest absolute Gasteiger partial charge is 0.487 e. The second-order valence-corrected chi connectivity index (χ2v) is 5.49. The first-order valence-corrected chi connectivity index (χ1v) is 6.98. The molecule has 0 bridgehead atoms. The highest BCUT2D eigenvalue weighted by Crippen LogP contribution is 2.23. The van der Waals surface area contributed by atoms with E-state index in [0.717, 1.165) is 22.6 Å². The van der Waals surface area contributed by atoms with Gasteiger partial charge in [-0.05, 0) is 44.9 Å². The molecule has 108 valence electrons. The number of aryl methyl sites for hydroxylation is 1. The zero-order valence-corrected chi connectivity index (χ0v) is 12.6. The molecule has 20 heavy (non-hydrogen) atoms. The SMILES string of the molecule is Cc1cc([C@@H](C)N)ccc1OCc1cncn1C(C)C. The molecule has 1 atom stereocenters. The van der Waals surface area contributed by atoms with Crippen LogP contribution in [0.4, 0.5) is 0 Å². The monoisotopic (exact) mass is 273 g/mol. The van der Waals surface area contributed by atoms with Crippen LogP contribution in [0.25, 0.3) is 0 Å². The van der Waals surface area contributed by atoms with Gasteiger partial charge in [-0.15, -0.1) is 0 Å². The molecule has 0 aliphatic rings. The Morgan fingerprint density at radius 2 is 2.05 bits per heavy atom. The Bertz CT molecular complexity index is 573. The first-order valence-electron chi connectivity index (χ1n) is 6.98. The second kappa shape index (κ2) is 6.09. The quantitative estimate of drug-likeness (QED) is 0.908. The first kappa shape index (κ1) is 14.6. The van der Waals surface area contributed by atoms with Crippen LogP contribution >= 0.6 is 0 Å². The van der Waals surface area contributed by atoms with Crippen molar-refractivity contribution in [3.05, 3.63) is 47.5 Å². The van der Waals surface area contributed by atoms with Crippen molar-refractivity contribution < 1.29 is 4.74 Å². The van der Waals surface area contributed by atoms with Crippen LogP contribution in [-0.4, -0.2) is 9.55 Å². The number of hydrogen-bond donors (Lipinski definition) is 1. The molecule has 1 aromatic heterocycles. The summed E-state index contributed by atoms with van der Waals surface area (Å²) in [5, 5.41) is 0. The Morgan fingerprint density at radius 3 is 2.65 bits per heavy atom. The normalized spacial score (nSPS) is 12.7. The molecule has 1 aromatic carbocycles. The predicted octanol–water partition coefficient (Wildman–Crippen LogP) is 3.37. The summed E-state index contributed by atoms with van der Waals surface area (Å²) >= 11 is 0. The van der Waals surface area contributed by atoms with Gasteiger partial charge in [0.1, 0.15) is 12.4 Å². The van der Waals surface area contributed by atoms with Crippen LogP contribution in [-0.2, 0) is 6.61 Å². The minimum atomic E-state index is 0.0464. The molecule has 0 unspecified atom stereocenters. The number of imidazole rings is 1. The van der Waals surface area contributed by atoms with Crippen molar-refractivity contribution in [2.45, 2.75) is 46.4 Å². The smallest absolute Gasteiger partial charge is 0.130 e. The lowest BCUT2D eigenvalue weighted by atomic mass is 10.1. The van der Waals surface area contributed by atoms with E-state index in [1.807, 2.05) is 38.5 Å². The Morgan fingerprint density at radius 1 is 1.30 bits per heavy atom. The maximum atomic E-state index is 5.91. The summed E-state index contributed by atoms with van der Waals surface area (Å²) in [6, 6.07) is 6.53. The third kappa shape index (κ3) is 3.20. The highest BCUT2D eigenvalue weighted by Gasteiger charge is 2.08. The van der Waals surface area contributed by atoms with Crippen molar-refractivity contribution in [3.8, 4) is 5.75 Å². The average Bonchev–Trinajstić information content (AvgIpc) is 2.85. The van der Waals surface area contributed by atoms with Crippen molar-refractivity contribution in [3.63, 3.8) is 0 Å². The van der Waals surface area contributed by atoms with Gasteiger partial charge < -0.3 is 15.0 Å². The number of nitrogens with zero attached hydrogens (tertiary/aromatic N) is 2. The van der Waals surface area contributed by atoms with Gasteiger partial charge in [0.2, 0.25) is 0 Å². The lowest BCUT2D eigenvalue weighted by Crippen LogP contribution is -2.08. The molecule has 2 N–H and O–H groups in total. The van der Waals surface area contributed by atoms with Crippen LogP contribution in [0.15, 0.2) is 30.7 Å². The molecule has 0 amide bonds. The Balaban J connectivity index is 2.09. The summed E-state index contributed by atoms with van der Waals surface area (Å²) in [6.07, 6.45) is 3.70. The molecule has 4 heteroatoms. The van der Waals surface area contributed by atoms with Gasteiger partial charge in [-0.3, -0.25) is 0 Å². The van der Waals surface area contributed by atoms with E-state index in [-0.39, 0.29) is 6.04 Å². The highest BCUT2D eigenvalue weighted by atomic mass is 16.5. The zero-order valence-electron chi connectivity index (χ0n) is 12.6. The van der Waals surface area contributed by atoms with Crippen LogP contribution < -0.4 is 10.5 Å². The number of aromatic nitrogens is 2. The molecule has 2 aromatic rings. The molecule has 2 rings (SSSR count). The van der Waals surface area contributed by atoms with E-state index in [4.69, 9.17) is 10.5 Å². The number of rotatable bonds is 5. The van der Waals surface area contributed by atoms with Crippen LogP contribution in [0, 0.1) is 6.92 Å². The molecule has 4 nitrogen and oxygen atoms in total. The standard InChI is InChI=1S/C16H23N3O/c1-11(2)19-10-18-8-15(19)9-20-16-6-5-14(13(4)17)7-12(16)3/h5-8,10-11,13H,9,17H2,1-4H3/t13-/m1/s1. The molecule has 0 aliphatic carbocycles. The first-order chi connectivity index (χ1) is 9.49. The van der Waals surface area contributed by atoms with Crippen LogP contribution in [0.1, 0.15) is 49.7 Å². The van der Waals surface area contributed by atoms with E-state index >= 15 is 0 Å². The van der Waals surface area contributed by atoms with Gasteiger partial charge in [0.05, 0.1) is 18.2 Å². The number of benzene rings is 1. The minimum absolute atomic E-state index is 0.0464. The third-order valence-electron chi connectivity index (χ3n) is 3.40. The summed E-state index contributed by atoms with van der Waals surface area (Å²) < 4.78 is 8.02. The average molecular weight is 273 g/mol. The van der Waals surface area contributed by atoms with Crippen molar-refractivity contribution in [1.29, 1.82) is 0 Å². The van der Waals surface area contributed by atoms with Crippen LogP contribution in [0.5, 0.6) is 5.75 Å². The fourth-order valence-corrected chi connectivity index (χ4v) is 2.18. The van der Waals surface area contributed by atoms with Crippen molar-refractivity contribution >= 4 is 0 Å². The summed E-state index contributed by atoms with van der Waals surface area (Å²) in [5.41, 5.74) is 9.20. The second-order valence-electron chi connectivity index (χ2n) is 5.49. The van der Waals surface area contributed by atoms with Gasteiger partial charge in [-0.1, -0.05) is 12.1 Å². The minimum Gasteiger partial charge on any atom is -0.487 e. The summed E-state index contributed by atoms with van der Waals surface area (Å²) in [4.78, 5) is 4.18.